The number of carboxylic acid groups (broad SMARTS) is 1. The summed E-state index contributed by atoms with van der Waals surface area (Å²) in [7, 11) is 0. The molecule has 3 heterocycles. The molecule has 0 aliphatic carbocycles. The molecule has 174 valence electrons. The summed E-state index contributed by atoms with van der Waals surface area (Å²) in [5.41, 5.74) is 0.228. The van der Waals surface area contributed by atoms with Crippen LogP contribution in [0.2, 0.25) is 5.02 Å². The smallest absolute Gasteiger partial charge is 0.407 e. The standard InChI is InChI=1S/C22H22ClFN4O4S/c1-22(2,3)32-21(31)26-12-9-15-16(20(29)30)17(13-5-4-11(24)8-14(13)23)27-18(28(15)10-12)19-25-6-7-33-19/h4-8,12,17H,9-10H2,1-3H3,(H,26,31)(H,29,30). The summed E-state index contributed by atoms with van der Waals surface area (Å²) in [6.07, 6.45) is 1.29. The Bertz CT molecular complexity index is 1160. The van der Waals surface area contributed by atoms with Crippen molar-refractivity contribution in [3.05, 3.63) is 62.5 Å². The molecule has 0 bridgehead atoms. The molecule has 0 radical (unpaired) electrons. The fraction of sp³-hybridized carbons (Fsp3) is 0.364. The fourth-order valence-electron chi connectivity index (χ4n) is 3.89. The fourth-order valence-corrected chi connectivity index (χ4v) is 4.80. The SMILES string of the molecule is CC(C)(C)OC(=O)NC1CC2=C(C(=O)O)C(c3ccc(F)cc3Cl)N=C(c3nccs3)N2C1. The third kappa shape index (κ3) is 4.86. The van der Waals surface area contributed by atoms with Crippen LogP contribution in [0, 0.1) is 5.82 Å². The van der Waals surface area contributed by atoms with Gasteiger partial charge in [0, 0.05) is 40.8 Å². The highest BCUT2D eigenvalue weighted by Gasteiger charge is 2.42. The number of aromatic nitrogens is 1. The van der Waals surface area contributed by atoms with Crippen LogP contribution in [-0.2, 0) is 9.53 Å². The number of amidine groups is 1. The van der Waals surface area contributed by atoms with Gasteiger partial charge in [-0.15, -0.1) is 11.3 Å². The highest BCUT2D eigenvalue weighted by Crippen LogP contribution is 2.42. The number of aliphatic carboxylic acids is 1. The summed E-state index contributed by atoms with van der Waals surface area (Å²) >= 11 is 7.64. The molecular formula is C22H22ClFN4O4S. The van der Waals surface area contributed by atoms with Crippen LogP contribution in [0.4, 0.5) is 9.18 Å². The van der Waals surface area contributed by atoms with Gasteiger partial charge in [-0.05, 0) is 32.9 Å². The average Bonchev–Trinajstić information content (AvgIpc) is 3.34. The predicted molar refractivity (Wildman–Crippen MR) is 122 cm³/mol. The Kier molecular flexibility index (Phi) is 6.15. The molecule has 2 aromatic rings. The Morgan fingerprint density at radius 1 is 1.36 bits per heavy atom. The summed E-state index contributed by atoms with van der Waals surface area (Å²) in [6.45, 7) is 5.59. The molecule has 33 heavy (non-hydrogen) atoms. The topological polar surface area (TPSA) is 104 Å². The monoisotopic (exact) mass is 492 g/mol. The quantitative estimate of drug-likeness (QED) is 0.656. The maximum atomic E-state index is 13.7. The molecular weight excluding hydrogens is 471 g/mol. The van der Waals surface area contributed by atoms with Crippen molar-refractivity contribution in [1.82, 2.24) is 15.2 Å². The van der Waals surface area contributed by atoms with E-state index in [1.165, 1.54) is 23.5 Å². The molecule has 4 rings (SSSR count). The first-order valence-corrected chi connectivity index (χ1v) is 11.5. The van der Waals surface area contributed by atoms with E-state index >= 15 is 0 Å². The van der Waals surface area contributed by atoms with Crippen molar-refractivity contribution in [3.8, 4) is 0 Å². The molecule has 8 nitrogen and oxygen atoms in total. The third-order valence-electron chi connectivity index (χ3n) is 5.09. The van der Waals surface area contributed by atoms with Crippen LogP contribution in [0.15, 0.2) is 46.0 Å². The normalized spacial score (nSPS) is 20.4. The summed E-state index contributed by atoms with van der Waals surface area (Å²) in [4.78, 5) is 35.5. The van der Waals surface area contributed by atoms with E-state index in [2.05, 4.69) is 10.3 Å². The summed E-state index contributed by atoms with van der Waals surface area (Å²) < 4.78 is 19.0. The summed E-state index contributed by atoms with van der Waals surface area (Å²) in [5.74, 6) is -1.22. The first-order chi connectivity index (χ1) is 15.5. The van der Waals surface area contributed by atoms with Crippen LogP contribution in [0.3, 0.4) is 0 Å². The molecule has 2 unspecified atom stereocenters. The van der Waals surface area contributed by atoms with Gasteiger partial charge < -0.3 is 20.1 Å². The van der Waals surface area contributed by atoms with Crippen LogP contribution in [0.5, 0.6) is 0 Å². The lowest BCUT2D eigenvalue weighted by Gasteiger charge is -2.31. The van der Waals surface area contributed by atoms with E-state index in [0.29, 0.717) is 28.6 Å². The summed E-state index contributed by atoms with van der Waals surface area (Å²) in [6, 6.07) is 2.43. The number of rotatable bonds is 4. The Balaban J connectivity index is 1.76. The maximum absolute atomic E-state index is 13.7. The molecule has 1 fully saturated rings. The lowest BCUT2D eigenvalue weighted by atomic mass is 9.94. The van der Waals surface area contributed by atoms with Gasteiger partial charge in [-0.2, -0.15) is 0 Å². The molecule has 0 spiro atoms. The Morgan fingerprint density at radius 3 is 2.73 bits per heavy atom. The molecule has 0 saturated carbocycles. The number of nitrogens with one attached hydrogen (secondary N) is 1. The van der Waals surface area contributed by atoms with Gasteiger partial charge in [0.1, 0.15) is 17.5 Å². The number of carbonyl (C=O) groups is 2. The van der Waals surface area contributed by atoms with Gasteiger partial charge in [0.25, 0.3) is 0 Å². The van der Waals surface area contributed by atoms with Crippen molar-refractivity contribution in [3.63, 3.8) is 0 Å². The minimum Gasteiger partial charge on any atom is -0.478 e. The number of thiazole rings is 1. The van der Waals surface area contributed by atoms with Crippen molar-refractivity contribution in [2.75, 3.05) is 6.54 Å². The minimum absolute atomic E-state index is 0.0253. The molecule has 2 N–H and O–H groups in total. The zero-order chi connectivity index (χ0) is 23.9. The van der Waals surface area contributed by atoms with Crippen LogP contribution >= 0.6 is 22.9 Å². The van der Waals surface area contributed by atoms with Crippen molar-refractivity contribution in [1.29, 1.82) is 0 Å². The number of halogens is 2. The molecule has 2 atom stereocenters. The van der Waals surface area contributed by atoms with Crippen molar-refractivity contribution in [2.45, 2.75) is 44.9 Å². The number of hydrogen-bond donors (Lipinski definition) is 2. The van der Waals surface area contributed by atoms with Crippen LogP contribution in [0.25, 0.3) is 0 Å². The van der Waals surface area contributed by atoms with E-state index in [1.807, 2.05) is 0 Å². The molecule has 1 amide bonds. The highest BCUT2D eigenvalue weighted by molar-refractivity contribution is 7.11. The molecule has 2 aliphatic heterocycles. The van der Waals surface area contributed by atoms with Crippen LogP contribution in [-0.4, -0.2) is 51.1 Å². The highest BCUT2D eigenvalue weighted by atomic mass is 35.5. The number of aliphatic imine (C=N–C) groups is 1. The molecule has 1 aromatic heterocycles. The van der Waals surface area contributed by atoms with E-state index in [4.69, 9.17) is 21.3 Å². The van der Waals surface area contributed by atoms with Crippen LogP contribution < -0.4 is 5.32 Å². The van der Waals surface area contributed by atoms with Crippen molar-refractivity contribution in [2.24, 2.45) is 4.99 Å². The zero-order valence-corrected chi connectivity index (χ0v) is 19.7. The lowest BCUT2D eigenvalue weighted by Crippen LogP contribution is -2.41. The van der Waals surface area contributed by atoms with E-state index in [1.54, 1.807) is 37.2 Å². The van der Waals surface area contributed by atoms with Gasteiger partial charge >= 0.3 is 12.1 Å². The number of fused-ring (bicyclic) bond motifs is 1. The first kappa shape index (κ1) is 23.2. The number of hydrogen-bond acceptors (Lipinski definition) is 7. The number of carboxylic acids is 1. The van der Waals surface area contributed by atoms with Crippen LogP contribution in [0.1, 0.15) is 43.8 Å². The average molecular weight is 493 g/mol. The number of nitrogens with zero attached hydrogens (tertiary/aromatic N) is 3. The number of carbonyl (C=O) groups excluding carboxylic acids is 1. The maximum Gasteiger partial charge on any atom is 0.407 e. The molecule has 1 aromatic carbocycles. The Labute approximate surface area is 198 Å². The Morgan fingerprint density at radius 2 is 2.12 bits per heavy atom. The first-order valence-electron chi connectivity index (χ1n) is 10.2. The second kappa shape index (κ2) is 8.75. The lowest BCUT2D eigenvalue weighted by molar-refractivity contribution is -0.133. The predicted octanol–water partition coefficient (Wildman–Crippen LogP) is 4.37. The molecule has 1 saturated heterocycles. The summed E-state index contributed by atoms with van der Waals surface area (Å²) in [5, 5.41) is 15.4. The van der Waals surface area contributed by atoms with E-state index < -0.39 is 35.6 Å². The van der Waals surface area contributed by atoms with Gasteiger partial charge in [-0.25, -0.2) is 19.0 Å². The van der Waals surface area contributed by atoms with Gasteiger partial charge in [0.05, 0.1) is 11.6 Å². The number of alkyl carbamates (subject to hydrolysis) is 1. The largest absolute Gasteiger partial charge is 0.478 e. The Hall–Kier alpha value is -2.98. The van der Waals surface area contributed by atoms with Crippen molar-refractivity contribution >= 4 is 40.8 Å². The number of benzene rings is 1. The molecule has 2 aliphatic rings. The second-order valence-electron chi connectivity index (χ2n) is 8.68. The number of amides is 1. The zero-order valence-electron chi connectivity index (χ0n) is 18.1. The minimum atomic E-state index is -1.17. The number of ether oxygens (including phenoxy) is 1. The van der Waals surface area contributed by atoms with E-state index in [9.17, 15) is 19.1 Å². The van der Waals surface area contributed by atoms with E-state index in [0.717, 1.165) is 6.07 Å². The van der Waals surface area contributed by atoms with Gasteiger partial charge in [0.2, 0.25) is 0 Å². The van der Waals surface area contributed by atoms with Gasteiger partial charge in [-0.3, -0.25) is 4.99 Å². The molecule has 11 heteroatoms. The third-order valence-corrected chi connectivity index (χ3v) is 6.19. The second-order valence-corrected chi connectivity index (χ2v) is 9.98. The van der Waals surface area contributed by atoms with Gasteiger partial charge in [-0.1, -0.05) is 17.7 Å². The van der Waals surface area contributed by atoms with E-state index in [-0.39, 0.29) is 17.0 Å². The van der Waals surface area contributed by atoms with Gasteiger partial charge in [0.15, 0.2) is 10.8 Å². The van der Waals surface area contributed by atoms with Crippen molar-refractivity contribution < 1.29 is 23.8 Å².